The Labute approximate surface area is 91.5 Å². The zero-order chi connectivity index (χ0) is 11.3. The van der Waals surface area contributed by atoms with Crippen molar-refractivity contribution >= 4 is 5.97 Å². The van der Waals surface area contributed by atoms with Gasteiger partial charge in [0.25, 0.3) is 0 Å². The lowest BCUT2D eigenvalue weighted by atomic mass is 10.2. The zero-order valence-corrected chi connectivity index (χ0v) is 9.86. The number of nitrogens with zero attached hydrogens (tertiary/aromatic N) is 1. The minimum Gasteiger partial charge on any atom is -0.469 e. The molecule has 2 atom stereocenters. The minimum absolute atomic E-state index is 0.121. The summed E-state index contributed by atoms with van der Waals surface area (Å²) in [7, 11) is 1.43. The van der Waals surface area contributed by atoms with Gasteiger partial charge in [-0.3, -0.25) is 9.69 Å². The molecule has 15 heavy (non-hydrogen) atoms. The lowest BCUT2D eigenvalue weighted by molar-refractivity contribution is -0.140. The second kappa shape index (κ2) is 6.08. The molecular formula is C11H21NO3. The van der Waals surface area contributed by atoms with Crippen LogP contribution in [0.3, 0.4) is 0 Å². The predicted molar refractivity (Wildman–Crippen MR) is 57.7 cm³/mol. The highest BCUT2D eigenvalue weighted by Gasteiger charge is 2.21. The number of methoxy groups -OCH3 is 1. The Morgan fingerprint density at radius 3 is 2.53 bits per heavy atom. The molecule has 0 aromatic carbocycles. The maximum absolute atomic E-state index is 10.9. The van der Waals surface area contributed by atoms with Gasteiger partial charge in [-0.25, -0.2) is 0 Å². The molecule has 0 aromatic rings. The molecule has 0 aromatic heterocycles. The molecule has 0 amide bonds. The summed E-state index contributed by atoms with van der Waals surface area (Å²) in [5.41, 5.74) is 0. The Balaban J connectivity index is 2.17. The fourth-order valence-electron chi connectivity index (χ4n) is 2.02. The van der Waals surface area contributed by atoms with Crippen molar-refractivity contribution in [3.8, 4) is 0 Å². The summed E-state index contributed by atoms with van der Waals surface area (Å²) in [5.74, 6) is -0.121. The number of ether oxygens (including phenoxy) is 2. The number of hydrogen-bond acceptors (Lipinski definition) is 4. The molecule has 0 spiro atoms. The third kappa shape index (κ3) is 4.62. The van der Waals surface area contributed by atoms with Crippen molar-refractivity contribution in [1.82, 2.24) is 4.90 Å². The number of esters is 1. The van der Waals surface area contributed by atoms with Crippen molar-refractivity contribution < 1.29 is 14.3 Å². The van der Waals surface area contributed by atoms with Gasteiger partial charge in [0, 0.05) is 19.5 Å². The fraction of sp³-hybridized carbons (Fsp3) is 0.909. The van der Waals surface area contributed by atoms with Crippen LogP contribution >= 0.6 is 0 Å². The number of rotatable bonds is 4. The first-order chi connectivity index (χ1) is 7.11. The van der Waals surface area contributed by atoms with Crippen LogP contribution in [-0.2, 0) is 14.3 Å². The summed E-state index contributed by atoms with van der Waals surface area (Å²) < 4.78 is 10.2. The van der Waals surface area contributed by atoms with Crippen LogP contribution in [0.4, 0.5) is 0 Å². The largest absolute Gasteiger partial charge is 0.469 e. The van der Waals surface area contributed by atoms with E-state index in [0.29, 0.717) is 18.6 Å². The van der Waals surface area contributed by atoms with E-state index in [9.17, 15) is 4.79 Å². The molecular weight excluding hydrogens is 194 g/mol. The highest BCUT2D eigenvalue weighted by Crippen LogP contribution is 2.11. The van der Waals surface area contributed by atoms with Gasteiger partial charge < -0.3 is 9.47 Å². The first kappa shape index (κ1) is 12.5. The van der Waals surface area contributed by atoms with E-state index in [0.717, 1.165) is 26.1 Å². The van der Waals surface area contributed by atoms with Gasteiger partial charge in [0.1, 0.15) is 0 Å². The van der Waals surface area contributed by atoms with Crippen LogP contribution in [0.2, 0.25) is 0 Å². The maximum Gasteiger partial charge on any atom is 0.305 e. The summed E-state index contributed by atoms with van der Waals surface area (Å²) in [6, 6.07) is 0. The average molecular weight is 215 g/mol. The van der Waals surface area contributed by atoms with E-state index in [1.807, 2.05) is 0 Å². The molecule has 1 rings (SSSR count). The zero-order valence-electron chi connectivity index (χ0n) is 9.86. The van der Waals surface area contributed by atoms with Crippen LogP contribution in [0.15, 0.2) is 0 Å². The van der Waals surface area contributed by atoms with Gasteiger partial charge in [0.15, 0.2) is 0 Å². The molecule has 1 heterocycles. The Morgan fingerprint density at radius 1 is 1.40 bits per heavy atom. The van der Waals surface area contributed by atoms with E-state index in [2.05, 4.69) is 23.5 Å². The summed E-state index contributed by atoms with van der Waals surface area (Å²) in [6.45, 7) is 7.05. The molecule has 1 aliphatic rings. The van der Waals surface area contributed by atoms with Gasteiger partial charge in [-0.2, -0.15) is 0 Å². The molecule has 4 nitrogen and oxygen atoms in total. The van der Waals surface area contributed by atoms with Gasteiger partial charge >= 0.3 is 5.97 Å². The fourth-order valence-corrected chi connectivity index (χ4v) is 2.02. The van der Waals surface area contributed by atoms with Crippen molar-refractivity contribution in [3.05, 3.63) is 0 Å². The Kier molecular flexibility index (Phi) is 5.05. The second-order valence-electron chi connectivity index (χ2n) is 4.20. The standard InChI is InChI=1S/C11H21NO3/c1-9-7-12(8-10(2)15-9)6-4-5-11(13)14-3/h9-10H,4-8H2,1-3H3/t9-,10+. The van der Waals surface area contributed by atoms with E-state index in [4.69, 9.17) is 4.74 Å². The lowest BCUT2D eigenvalue weighted by Crippen LogP contribution is -2.45. The molecule has 1 aliphatic heterocycles. The molecule has 0 saturated carbocycles. The van der Waals surface area contributed by atoms with Crippen molar-refractivity contribution in [2.24, 2.45) is 0 Å². The third-order valence-electron chi connectivity index (χ3n) is 2.58. The molecule has 1 saturated heterocycles. The van der Waals surface area contributed by atoms with E-state index >= 15 is 0 Å². The minimum atomic E-state index is -0.121. The second-order valence-corrected chi connectivity index (χ2v) is 4.20. The summed E-state index contributed by atoms with van der Waals surface area (Å²) in [4.78, 5) is 13.3. The van der Waals surface area contributed by atoms with Gasteiger partial charge in [0.05, 0.1) is 19.3 Å². The van der Waals surface area contributed by atoms with Crippen LogP contribution in [0.25, 0.3) is 0 Å². The van der Waals surface area contributed by atoms with Crippen LogP contribution in [-0.4, -0.2) is 49.8 Å². The van der Waals surface area contributed by atoms with Gasteiger partial charge in [-0.1, -0.05) is 0 Å². The molecule has 88 valence electrons. The van der Waals surface area contributed by atoms with Gasteiger partial charge in [-0.05, 0) is 26.8 Å². The van der Waals surface area contributed by atoms with Crippen molar-refractivity contribution in [2.45, 2.75) is 38.9 Å². The van der Waals surface area contributed by atoms with Crippen LogP contribution in [0, 0.1) is 0 Å². The molecule has 0 bridgehead atoms. The summed E-state index contributed by atoms with van der Waals surface area (Å²) in [6.07, 6.45) is 1.97. The molecule has 0 unspecified atom stereocenters. The van der Waals surface area contributed by atoms with E-state index in [1.54, 1.807) is 0 Å². The quantitative estimate of drug-likeness (QED) is 0.657. The lowest BCUT2D eigenvalue weighted by Gasteiger charge is -2.35. The van der Waals surface area contributed by atoms with E-state index in [-0.39, 0.29) is 5.97 Å². The number of morpholine rings is 1. The van der Waals surface area contributed by atoms with Crippen molar-refractivity contribution in [3.63, 3.8) is 0 Å². The normalized spacial score (nSPS) is 27.7. The van der Waals surface area contributed by atoms with Gasteiger partial charge in [-0.15, -0.1) is 0 Å². The van der Waals surface area contributed by atoms with Crippen LogP contribution in [0.1, 0.15) is 26.7 Å². The van der Waals surface area contributed by atoms with Gasteiger partial charge in [0.2, 0.25) is 0 Å². The number of hydrogen-bond donors (Lipinski definition) is 0. The maximum atomic E-state index is 10.9. The molecule has 0 aliphatic carbocycles. The molecule has 1 fully saturated rings. The van der Waals surface area contributed by atoms with E-state index in [1.165, 1.54) is 7.11 Å². The summed E-state index contributed by atoms with van der Waals surface area (Å²) >= 11 is 0. The number of carbonyl (C=O) groups excluding carboxylic acids is 1. The molecule has 0 radical (unpaired) electrons. The molecule has 0 N–H and O–H groups in total. The smallest absolute Gasteiger partial charge is 0.305 e. The van der Waals surface area contributed by atoms with Crippen LogP contribution in [0.5, 0.6) is 0 Å². The Bertz CT molecular complexity index is 198. The van der Waals surface area contributed by atoms with Crippen LogP contribution < -0.4 is 0 Å². The predicted octanol–water partition coefficient (Wildman–Crippen LogP) is 1.05. The van der Waals surface area contributed by atoms with E-state index < -0.39 is 0 Å². The first-order valence-electron chi connectivity index (χ1n) is 5.56. The number of carbonyl (C=O) groups is 1. The Morgan fingerprint density at radius 2 is 2.00 bits per heavy atom. The first-order valence-corrected chi connectivity index (χ1v) is 5.56. The Hall–Kier alpha value is -0.610. The average Bonchev–Trinajstić information content (AvgIpc) is 2.16. The SMILES string of the molecule is COC(=O)CCCN1C[C@@H](C)O[C@@H](C)C1. The monoisotopic (exact) mass is 215 g/mol. The topological polar surface area (TPSA) is 38.8 Å². The van der Waals surface area contributed by atoms with Crippen molar-refractivity contribution in [1.29, 1.82) is 0 Å². The summed E-state index contributed by atoms with van der Waals surface area (Å²) in [5, 5.41) is 0. The van der Waals surface area contributed by atoms with Crippen molar-refractivity contribution in [2.75, 3.05) is 26.7 Å². The molecule has 4 heteroatoms. The highest BCUT2D eigenvalue weighted by molar-refractivity contribution is 5.69. The highest BCUT2D eigenvalue weighted by atomic mass is 16.5. The third-order valence-corrected chi connectivity index (χ3v) is 2.58.